The zero-order valence-electron chi connectivity index (χ0n) is 8.01. The van der Waals surface area contributed by atoms with Gasteiger partial charge in [0.25, 0.3) is 0 Å². The fourth-order valence-corrected chi connectivity index (χ4v) is 1.51. The van der Waals surface area contributed by atoms with E-state index in [4.69, 9.17) is 0 Å². The summed E-state index contributed by atoms with van der Waals surface area (Å²) < 4.78 is 0. The van der Waals surface area contributed by atoms with Crippen LogP contribution in [-0.2, 0) is 0 Å². The Morgan fingerprint density at radius 3 is 2.23 bits per heavy atom. The maximum atomic E-state index is 9.90. The molecule has 72 valence electrons. The van der Waals surface area contributed by atoms with Gasteiger partial charge in [0.15, 0.2) is 0 Å². The highest BCUT2D eigenvalue weighted by Gasteiger charge is 2.36. The Morgan fingerprint density at radius 2 is 1.77 bits per heavy atom. The van der Waals surface area contributed by atoms with E-state index in [9.17, 15) is 10.2 Å². The van der Waals surface area contributed by atoms with Crippen molar-refractivity contribution in [3.8, 4) is 11.8 Å². The minimum absolute atomic E-state index is 0.543. The number of aliphatic hydroxyl groups is 2. The van der Waals surface area contributed by atoms with Crippen LogP contribution in [0.2, 0.25) is 0 Å². The Hall–Kier alpha value is -0.780. The van der Waals surface area contributed by atoms with Crippen LogP contribution in [0, 0.1) is 11.8 Å². The lowest BCUT2D eigenvalue weighted by atomic mass is 9.77. The quantitative estimate of drug-likeness (QED) is 0.550. The monoisotopic (exact) mass is 180 g/mol. The van der Waals surface area contributed by atoms with Gasteiger partial charge in [0.1, 0.15) is 5.60 Å². The van der Waals surface area contributed by atoms with Gasteiger partial charge in [-0.05, 0) is 38.7 Å². The highest BCUT2D eigenvalue weighted by atomic mass is 16.3. The molecule has 0 aromatic carbocycles. The van der Waals surface area contributed by atoms with E-state index in [2.05, 4.69) is 18.4 Å². The molecule has 0 radical (unpaired) electrons. The molecule has 0 spiro atoms. The number of allylic oxidation sites excluding steroid dienone is 1. The van der Waals surface area contributed by atoms with E-state index >= 15 is 0 Å². The normalized spacial score (nSPS) is 39.0. The summed E-state index contributed by atoms with van der Waals surface area (Å²) in [7, 11) is 0. The fourth-order valence-electron chi connectivity index (χ4n) is 1.51. The van der Waals surface area contributed by atoms with Gasteiger partial charge in [0, 0.05) is 0 Å². The molecule has 0 aromatic rings. The van der Waals surface area contributed by atoms with Crippen LogP contribution in [-0.4, -0.2) is 21.4 Å². The van der Waals surface area contributed by atoms with Gasteiger partial charge in [-0.25, -0.2) is 0 Å². The minimum Gasteiger partial charge on any atom is -0.390 e. The highest BCUT2D eigenvalue weighted by molar-refractivity contribution is 5.21. The predicted molar refractivity (Wildman–Crippen MR) is 52.0 cm³/mol. The third-order valence-electron chi connectivity index (χ3n) is 2.56. The third kappa shape index (κ3) is 2.87. The molecule has 0 heterocycles. The predicted octanol–water partition coefficient (Wildman–Crippen LogP) is 1.23. The van der Waals surface area contributed by atoms with E-state index < -0.39 is 11.2 Å². The van der Waals surface area contributed by atoms with Gasteiger partial charge in [-0.3, -0.25) is 0 Å². The molecule has 0 aromatic heterocycles. The lowest BCUT2D eigenvalue weighted by molar-refractivity contribution is -0.0438. The summed E-state index contributed by atoms with van der Waals surface area (Å²) in [6.07, 6.45) is 3.77. The SMILES string of the molecule is C=CC#C[C@]1(O)CC[C@@](C)(O)CC1. The first-order chi connectivity index (χ1) is 5.97. The smallest absolute Gasteiger partial charge is 0.126 e. The van der Waals surface area contributed by atoms with Gasteiger partial charge in [0.05, 0.1) is 5.60 Å². The molecule has 1 saturated carbocycles. The molecule has 1 fully saturated rings. The molecule has 0 aliphatic heterocycles. The third-order valence-corrected chi connectivity index (χ3v) is 2.56. The Balaban J connectivity index is 2.61. The summed E-state index contributed by atoms with van der Waals surface area (Å²) in [6, 6.07) is 0. The molecule has 2 nitrogen and oxygen atoms in total. The van der Waals surface area contributed by atoms with E-state index in [1.807, 2.05) is 0 Å². The Morgan fingerprint density at radius 1 is 1.23 bits per heavy atom. The summed E-state index contributed by atoms with van der Waals surface area (Å²) in [5.74, 6) is 5.43. The van der Waals surface area contributed by atoms with Crippen LogP contribution >= 0.6 is 0 Å². The topological polar surface area (TPSA) is 40.5 Å². The second kappa shape index (κ2) is 3.53. The molecule has 2 N–H and O–H groups in total. The molecule has 2 heteroatoms. The molecule has 1 aliphatic rings. The fraction of sp³-hybridized carbons (Fsp3) is 0.636. The van der Waals surface area contributed by atoms with Gasteiger partial charge in [0.2, 0.25) is 0 Å². The summed E-state index contributed by atoms with van der Waals surface area (Å²) in [4.78, 5) is 0. The number of hydrogen-bond acceptors (Lipinski definition) is 2. The highest BCUT2D eigenvalue weighted by Crippen LogP contribution is 2.33. The van der Waals surface area contributed by atoms with E-state index in [-0.39, 0.29) is 0 Å². The van der Waals surface area contributed by atoms with Crippen LogP contribution < -0.4 is 0 Å². The molecule has 0 saturated heterocycles. The van der Waals surface area contributed by atoms with E-state index in [1.165, 1.54) is 6.08 Å². The van der Waals surface area contributed by atoms with Crippen LogP contribution in [0.25, 0.3) is 0 Å². The van der Waals surface area contributed by atoms with E-state index in [1.54, 1.807) is 6.92 Å². The van der Waals surface area contributed by atoms with Crippen molar-refractivity contribution in [1.29, 1.82) is 0 Å². The Kier molecular flexibility index (Phi) is 2.80. The van der Waals surface area contributed by atoms with Crippen LogP contribution in [0.1, 0.15) is 32.6 Å². The first-order valence-corrected chi connectivity index (χ1v) is 4.56. The summed E-state index contributed by atoms with van der Waals surface area (Å²) in [5.41, 5.74) is -1.53. The molecule has 0 bridgehead atoms. The maximum absolute atomic E-state index is 9.90. The van der Waals surface area contributed by atoms with Crippen molar-refractivity contribution >= 4 is 0 Å². The van der Waals surface area contributed by atoms with Crippen molar-refractivity contribution < 1.29 is 10.2 Å². The second-order valence-corrected chi connectivity index (χ2v) is 4.00. The first kappa shape index (κ1) is 10.3. The average molecular weight is 180 g/mol. The van der Waals surface area contributed by atoms with Crippen molar-refractivity contribution in [1.82, 2.24) is 0 Å². The maximum Gasteiger partial charge on any atom is 0.126 e. The van der Waals surface area contributed by atoms with Crippen LogP contribution in [0.3, 0.4) is 0 Å². The average Bonchev–Trinajstić information content (AvgIpc) is 2.08. The Bertz CT molecular complexity index is 245. The van der Waals surface area contributed by atoms with Gasteiger partial charge in [-0.2, -0.15) is 0 Å². The zero-order valence-corrected chi connectivity index (χ0v) is 8.01. The standard InChI is InChI=1S/C11H16O2/c1-3-4-5-11(13)8-6-10(2,12)7-9-11/h3,12-13H,1,6-9H2,2H3/t10-,11+. The molecule has 13 heavy (non-hydrogen) atoms. The van der Waals surface area contributed by atoms with Crippen LogP contribution in [0.4, 0.5) is 0 Å². The van der Waals surface area contributed by atoms with Crippen molar-refractivity contribution in [2.45, 2.75) is 43.8 Å². The summed E-state index contributed by atoms with van der Waals surface area (Å²) in [5, 5.41) is 19.6. The molecular weight excluding hydrogens is 164 g/mol. The Labute approximate surface area is 79.3 Å². The van der Waals surface area contributed by atoms with E-state index in [0.717, 1.165) is 0 Å². The summed E-state index contributed by atoms with van der Waals surface area (Å²) >= 11 is 0. The van der Waals surface area contributed by atoms with Crippen molar-refractivity contribution in [2.24, 2.45) is 0 Å². The van der Waals surface area contributed by atoms with Crippen molar-refractivity contribution in [3.05, 3.63) is 12.7 Å². The number of hydrogen-bond donors (Lipinski definition) is 2. The van der Waals surface area contributed by atoms with E-state index in [0.29, 0.717) is 25.7 Å². The zero-order chi connectivity index (χ0) is 9.95. The van der Waals surface area contributed by atoms with Gasteiger partial charge >= 0.3 is 0 Å². The molecule has 0 amide bonds. The number of rotatable bonds is 0. The lowest BCUT2D eigenvalue weighted by Gasteiger charge is -2.36. The van der Waals surface area contributed by atoms with Gasteiger partial charge in [-0.15, -0.1) is 0 Å². The van der Waals surface area contributed by atoms with Gasteiger partial charge < -0.3 is 10.2 Å². The molecule has 0 unspecified atom stereocenters. The second-order valence-electron chi connectivity index (χ2n) is 4.00. The van der Waals surface area contributed by atoms with Crippen LogP contribution in [0.5, 0.6) is 0 Å². The minimum atomic E-state index is -0.906. The van der Waals surface area contributed by atoms with Gasteiger partial charge in [-0.1, -0.05) is 18.4 Å². The molecule has 1 aliphatic carbocycles. The molecule has 0 atom stereocenters. The van der Waals surface area contributed by atoms with Crippen LogP contribution in [0.15, 0.2) is 12.7 Å². The molecule has 1 rings (SSSR count). The largest absolute Gasteiger partial charge is 0.390 e. The summed E-state index contributed by atoms with van der Waals surface area (Å²) in [6.45, 7) is 5.27. The first-order valence-electron chi connectivity index (χ1n) is 4.56. The van der Waals surface area contributed by atoms with Crippen molar-refractivity contribution in [2.75, 3.05) is 0 Å². The molecular formula is C11H16O2. The van der Waals surface area contributed by atoms with Crippen molar-refractivity contribution in [3.63, 3.8) is 0 Å². The lowest BCUT2D eigenvalue weighted by Crippen LogP contribution is -2.40.